The van der Waals surface area contributed by atoms with E-state index < -0.39 is 0 Å². The van der Waals surface area contributed by atoms with E-state index in [0.29, 0.717) is 36.1 Å². The molecule has 1 fully saturated rings. The van der Waals surface area contributed by atoms with Gasteiger partial charge in [-0.25, -0.2) is 4.68 Å². The van der Waals surface area contributed by atoms with Crippen LogP contribution < -0.4 is 5.56 Å². The zero-order valence-electron chi connectivity index (χ0n) is 18.0. The highest BCUT2D eigenvalue weighted by molar-refractivity contribution is 7.09. The van der Waals surface area contributed by atoms with E-state index in [4.69, 9.17) is 4.74 Å². The summed E-state index contributed by atoms with van der Waals surface area (Å²) in [6.07, 6.45) is 4.97. The number of rotatable bonds is 9. The lowest BCUT2D eigenvalue weighted by atomic mass is 10.1. The molecular weight excluding hydrogens is 410 g/mol. The number of carbonyl (C=O) groups excluding carboxylic acids is 1. The molecule has 1 aliphatic rings. The third-order valence-electron chi connectivity index (χ3n) is 5.71. The summed E-state index contributed by atoms with van der Waals surface area (Å²) in [5.41, 5.74) is 0.216. The van der Waals surface area contributed by atoms with Crippen LogP contribution in [0.4, 0.5) is 0 Å². The predicted molar refractivity (Wildman–Crippen MR) is 124 cm³/mol. The van der Waals surface area contributed by atoms with Crippen LogP contribution in [0.2, 0.25) is 0 Å². The van der Waals surface area contributed by atoms with Gasteiger partial charge in [0.1, 0.15) is 0 Å². The summed E-state index contributed by atoms with van der Waals surface area (Å²) in [5, 5.41) is 7.76. The normalized spacial score (nSPS) is 16.1. The molecule has 0 radical (unpaired) electrons. The molecule has 7 heteroatoms. The smallest absolute Gasteiger partial charge is 0.275 e. The van der Waals surface area contributed by atoms with Gasteiger partial charge in [0.2, 0.25) is 0 Å². The number of unbranched alkanes of at least 4 members (excludes halogenated alkanes) is 2. The quantitative estimate of drug-likeness (QED) is 0.462. The van der Waals surface area contributed by atoms with Crippen molar-refractivity contribution < 1.29 is 9.53 Å². The first-order chi connectivity index (χ1) is 15.2. The average Bonchev–Trinajstić information content (AvgIpc) is 3.49. The van der Waals surface area contributed by atoms with Crippen molar-refractivity contribution in [1.29, 1.82) is 0 Å². The summed E-state index contributed by atoms with van der Waals surface area (Å²) in [6.45, 7) is 4.44. The fourth-order valence-corrected chi connectivity index (χ4v) is 4.77. The van der Waals surface area contributed by atoms with Crippen LogP contribution in [0.1, 0.15) is 54.4 Å². The summed E-state index contributed by atoms with van der Waals surface area (Å²) < 4.78 is 7.29. The van der Waals surface area contributed by atoms with Crippen molar-refractivity contribution in [3.63, 3.8) is 0 Å². The van der Waals surface area contributed by atoms with Gasteiger partial charge in [-0.2, -0.15) is 5.10 Å². The Morgan fingerprint density at radius 2 is 2.06 bits per heavy atom. The number of thiophene rings is 1. The highest BCUT2D eigenvalue weighted by Crippen LogP contribution is 2.21. The van der Waals surface area contributed by atoms with Gasteiger partial charge in [-0.1, -0.05) is 44.0 Å². The summed E-state index contributed by atoms with van der Waals surface area (Å²) in [6, 6.07) is 11.3. The van der Waals surface area contributed by atoms with Crippen molar-refractivity contribution in [2.24, 2.45) is 0 Å². The van der Waals surface area contributed by atoms with Gasteiger partial charge in [-0.3, -0.25) is 9.59 Å². The number of aromatic nitrogens is 2. The number of carbonyl (C=O) groups is 1. The Bertz CT molecular complexity index is 1070. The van der Waals surface area contributed by atoms with Crippen molar-refractivity contribution in [1.82, 2.24) is 14.7 Å². The number of aryl methyl sites for hydroxylation is 1. The second kappa shape index (κ2) is 10.2. The number of nitrogens with zero attached hydrogens (tertiary/aromatic N) is 3. The Balaban J connectivity index is 1.71. The van der Waals surface area contributed by atoms with Crippen LogP contribution in [0.25, 0.3) is 10.8 Å². The Hall–Kier alpha value is -2.51. The van der Waals surface area contributed by atoms with Crippen LogP contribution in [-0.2, 0) is 17.8 Å². The van der Waals surface area contributed by atoms with E-state index in [2.05, 4.69) is 12.0 Å². The number of amides is 1. The van der Waals surface area contributed by atoms with Crippen LogP contribution in [-0.4, -0.2) is 39.8 Å². The van der Waals surface area contributed by atoms with Gasteiger partial charge in [0, 0.05) is 30.0 Å². The fraction of sp³-hybridized carbons (Fsp3) is 0.458. The summed E-state index contributed by atoms with van der Waals surface area (Å²) in [5.74, 6) is -0.149. The first-order valence-electron chi connectivity index (χ1n) is 11.1. The zero-order valence-corrected chi connectivity index (χ0v) is 18.8. The molecule has 164 valence electrons. The lowest BCUT2D eigenvalue weighted by Crippen LogP contribution is -2.38. The van der Waals surface area contributed by atoms with Crippen LogP contribution in [0.5, 0.6) is 0 Å². The molecule has 0 bridgehead atoms. The van der Waals surface area contributed by atoms with E-state index in [1.807, 2.05) is 40.6 Å². The first kappa shape index (κ1) is 21.7. The Morgan fingerprint density at radius 3 is 2.77 bits per heavy atom. The minimum atomic E-state index is -0.149. The Kier molecular flexibility index (Phi) is 7.14. The third kappa shape index (κ3) is 5.05. The Morgan fingerprint density at radius 1 is 1.23 bits per heavy atom. The topological polar surface area (TPSA) is 64.4 Å². The Labute approximate surface area is 186 Å². The summed E-state index contributed by atoms with van der Waals surface area (Å²) >= 11 is 1.63. The molecule has 3 heterocycles. The molecule has 0 spiro atoms. The van der Waals surface area contributed by atoms with E-state index in [1.54, 1.807) is 17.4 Å². The lowest BCUT2D eigenvalue weighted by Gasteiger charge is -2.25. The maximum absolute atomic E-state index is 13.8. The minimum Gasteiger partial charge on any atom is -0.376 e. The number of hydrogen-bond acceptors (Lipinski definition) is 5. The maximum atomic E-state index is 13.8. The molecule has 31 heavy (non-hydrogen) atoms. The van der Waals surface area contributed by atoms with E-state index in [0.717, 1.165) is 43.6 Å². The van der Waals surface area contributed by atoms with E-state index >= 15 is 0 Å². The molecule has 1 unspecified atom stereocenters. The zero-order chi connectivity index (χ0) is 21.6. The monoisotopic (exact) mass is 439 g/mol. The molecule has 1 atom stereocenters. The van der Waals surface area contributed by atoms with Gasteiger partial charge >= 0.3 is 0 Å². The number of fused-ring (bicyclic) bond motifs is 1. The molecule has 0 N–H and O–H groups in total. The maximum Gasteiger partial charge on any atom is 0.275 e. The SMILES string of the molecule is CCCCCn1nc(C(=O)N(Cc2cccs2)CC2CCCO2)c2ccccc2c1=O. The van der Waals surface area contributed by atoms with Gasteiger partial charge < -0.3 is 9.64 Å². The molecule has 0 aliphatic carbocycles. The summed E-state index contributed by atoms with van der Waals surface area (Å²) in [7, 11) is 0. The minimum absolute atomic E-state index is 0.0469. The molecular formula is C24H29N3O3S. The molecule has 6 nitrogen and oxygen atoms in total. The molecule has 0 saturated carbocycles. The molecule has 1 amide bonds. The third-order valence-corrected chi connectivity index (χ3v) is 6.57. The van der Waals surface area contributed by atoms with Crippen molar-refractivity contribution >= 4 is 28.0 Å². The van der Waals surface area contributed by atoms with Gasteiger partial charge in [-0.15, -0.1) is 11.3 Å². The molecule has 3 aromatic rings. The van der Waals surface area contributed by atoms with Crippen LogP contribution in [0, 0.1) is 0 Å². The largest absolute Gasteiger partial charge is 0.376 e. The van der Waals surface area contributed by atoms with E-state index in [9.17, 15) is 9.59 Å². The number of ether oxygens (including phenoxy) is 1. The second-order valence-corrected chi connectivity index (χ2v) is 9.06. The van der Waals surface area contributed by atoms with E-state index in [1.165, 1.54) is 4.68 Å². The first-order valence-corrected chi connectivity index (χ1v) is 12.0. The van der Waals surface area contributed by atoms with Crippen molar-refractivity contribution in [3.8, 4) is 0 Å². The number of hydrogen-bond donors (Lipinski definition) is 0. The molecule has 1 aromatic carbocycles. The van der Waals surface area contributed by atoms with Crippen LogP contribution in [0.3, 0.4) is 0 Å². The van der Waals surface area contributed by atoms with Gasteiger partial charge in [0.05, 0.1) is 18.0 Å². The molecule has 1 aliphatic heterocycles. The second-order valence-electron chi connectivity index (χ2n) is 8.03. The standard InChI is InChI=1S/C24H29N3O3S/c1-2-3-6-13-27-23(28)21-12-5-4-11-20(21)22(25-27)24(29)26(16-18-9-7-14-30-18)17-19-10-8-15-31-19/h4-5,8,10-12,15,18H,2-3,6-7,9,13-14,16-17H2,1H3. The summed E-state index contributed by atoms with van der Waals surface area (Å²) in [4.78, 5) is 29.7. The highest BCUT2D eigenvalue weighted by atomic mass is 32.1. The highest BCUT2D eigenvalue weighted by Gasteiger charge is 2.27. The van der Waals surface area contributed by atoms with E-state index in [-0.39, 0.29) is 17.6 Å². The fourth-order valence-electron chi connectivity index (χ4n) is 4.05. The molecule has 4 rings (SSSR count). The molecule has 2 aromatic heterocycles. The van der Waals surface area contributed by atoms with Crippen LogP contribution in [0.15, 0.2) is 46.6 Å². The van der Waals surface area contributed by atoms with Gasteiger partial charge in [0.25, 0.3) is 11.5 Å². The van der Waals surface area contributed by atoms with Gasteiger partial charge in [0.15, 0.2) is 5.69 Å². The van der Waals surface area contributed by atoms with Crippen molar-refractivity contribution in [2.75, 3.05) is 13.2 Å². The van der Waals surface area contributed by atoms with Crippen molar-refractivity contribution in [3.05, 3.63) is 62.7 Å². The van der Waals surface area contributed by atoms with Crippen LogP contribution >= 0.6 is 11.3 Å². The predicted octanol–water partition coefficient (Wildman–Crippen LogP) is 4.47. The molecule has 1 saturated heterocycles. The van der Waals surface area contributed by atoms with Crippen molar-refractivity contribution in [2.45, 2.75) is 58.2 Å². The van der Waals surface area contributed by atoms with Gasteiger partial charge in [-0.05, 0) is 36.8 Å². The lowest BCUT2D eigenvalue weighted by molar-refractivity contribution is 0.0505. The average molecular weight is 440 g/mol. The number of benzene rings is 1.